The number of carbonyl (C=O) groups is 1. The SMILES string of the molecule is O=C(Cn1cnc2c(oc3ccccc32)c1=O)N1CCN(c2nc3cccnc3s2)CC1. The highest BCUT2D eigenvalue weighted by Gasteiger charge is 2.24. The second-order valence-electron chi connectivity index (χ2n) is 7.65. The van der Waals surface area contributed by atoms with Crippen molar-refractivity contribution < 1.29 is 9.21 Å². The highest BCUT2D eigenvalue weighted by molar-refractivity contribution is 7.21. The van der Waals surface area contributed by atoms with E-state index < -0.39 is 0 Å². The minimum Gasteiger partial charge on any atom is -0.448 e. The van der Waals surface area contributed by atoms with Crippen LogP contribution in [0.5, 0.6) is 0 Å². The van der Waals surface area contributed by atoms with Gasteiger partial charge in [0.25, 0.3) is 5.56 Å². The molecule has 0 radical (unpaired) electrons. The lowest BCUT2D eigenvalue weighted by atomic mass is 10.2. The normalized spacial score (nSPS) is 14.6. The number of anilines is 1. The number of rotatable bonds is 3. The summed E-state index contributed by atoms with van der Waals surface area (Å²) in [4.78, 5) is 44.0. The van der Waals surface area contributed by atoms with Crippen LogP contribution in [0.15, 0.2) is 58.1 Å². The lowest BCUT2D eigenvalue weighted by molar-refractivity contribution is -0.132. The molecule has 0 N–H and O–H groups in total. The van der Waals surface area contributed by atoms with Crippen LogP contribution < -0.4 is 10.5 Å². The average Bonchev–Trinajstić information content (AvgIpc) is 3.43. The summed E-state index contributed by atoms with van der Waals surface area (Å²) >= 11 is 1.56. The minimum absolute atomic E-state index is 0.0656. The molecule has 1 saturated heterocycles. The zero-order chi connectivity index (χ0) is 21.7. The number of benzene rings is 1. The Morgan fingerprint density at radius 1 is 1.06 bits per heavy atom. The molecule has 5 heterocycles. The molecule has 10 heteroatoms. The maximum atomic E-state index is 12.9. The number of fused-ring (bicyclic) bond motifs is 4. The van der Waals surface area contributed by atoms with E-state index in [2.05, 4.69) is 19.9 Å². The molecular weight excluding hydrogens is 428 g/mol. The molecule has 1 amide bonds. The third-order valence-corrected chi connectivity index (χ3v) is 6.75. The van der Waals surface area contributed by atoms with Crippen LogP contribution in [0.25, 0.3) is 32.4 Å². The largest absolute Gasteiger partial charge is 0.448 e. The Bertz CT molecular complexity index is 1500. The fourth-order valence-electron chi connectivity index (χ4n) is 4.01. The van der Waals surface area contributed by atoms with Crippen molar-refractivity contribution in [1.29, 1.82) is 0 Å². The molecule has 0 unspecified atom stereocenters. The average molecular weight is 446 g/mol. The van der Waals surface area contributed by atoms with Gasteiger partial charge in [-0.15, -0.1) is 0 Å². The second-order valence-corrected chi connectivity index (χ2v) is 8.60. The van der Waals surface area contributed by atoms with Crippen LogP contribution in [0, 0.1) is 0 Å². The van der Waals surface area contributed by atoms with Crippen molar-refractivity contribution in [3.63, 3.8) is 0 Å². The summed E-state index contributed by atoms with van der Waals surface area (Å²) in [5.41, 5.74) is 1.85. The van der Waals surface area contributed by atoms with Gasteiger partial charge in [0.05, 0.1) is 6.33 Å². The van der Waals surface area contributed by atoms with Gasteiger partial charge in [-0.1, -0.05) is 23.5 Å². The summed E-state index contributed by atoms with van der Waals surface area (Å²) in [5, 5.41) is 1.71. The van der Waals surface area contributed by atoms with Gasteiger partial charge in [0.2, 0.25) is 11.5 Å². The van der Waals surface area contributed by atoms with Crippen LogP contribution >= 0.6 is 11.3 Å². The Morgan fingerprint density at radius 3 is 2.75 bits per heavy atom. The van der Waals surface area contributed by atoms with E-state index in [0.717, 1.165) is 20.9 Å². The van der Waals surface area contributed by atoms with E-state index in [1.54, 1.807) is 28.5 Å². The Morgan fingerprint density at radius 2 is 1.91 bits per heavy atom. The second kappa shape index (κ2) is 7.41. The third-order valence-electron chi connectivity index (χ3n) is 5.71. The van der Waals surface area contributed by atoms with Crippen molar-refractivity contribution in [2.24, 2.45) is 0 Å². The minimum atomic E-state index is -0.347. The van der Waals surface area contributed by atoms with Gasteiger partial charge in [0, 0.05) is 37.8 Å². The molecule has 0 spiro atoms. The van der Waals surface area contributed by atoms with Crippen LogP contribution in [-0.4, -0.2) is 56.5 Å². The molecule has 160 valence electrons. The van der Waals surface area contributed by atoms with Crippen LogP contribution in [0.1, 0.15) is 0 Å². The van der Waals surface area contributed by atoms with Crippen molar-refractivity contribution in [3.8, 4) is 0 Å². The van der Waals surface area contributed by atoms with Crippen molar-refractivity contribution >= 4 is 54.8 Å². The third kappa shape index (κ3) is 3.11. The van der Waals surface area contributed by atoms with Gasteiger partial charge in [0.15, 0.2) is 5.13 Å². The summed E-state index contributed by atoms with van der Waals surface area (Å²) in [7, 11) is 0. The summed E-state index contributed by atoms with van der Waals surface area (Å²) in [6, 6.07) is 11.2. The molecule has 0 aliphatic carbocycles. The summed E-state index contributed by atoms with van der Waals surface area (Å²) < 4.78 is 7.02. The number of amides is 1. The Balaban J connectivity index is 1.17. The van der Waals surface area contributed by atoms with E-state index >= 15 is 0 Å². The molecule has 4 aromatic heterocycles. The van der Waals surface area contributed by atoms with Crippen molar-refractivity contribution in [2.45, 2.75) is 6.54 Å². The van der Waals surface area contributed by atoms with E-state index in [1.165, 1.54) is 10.9 Å². The van der Waals surface area contributed by atoms with Crippen molar-refractivity contribution in [1.82, 2.24) is 24.4 Å². The topological polar surface area (TPSA) is 97.4 Å². The smallest absolute Gasteiger partial charge is 0.297 e. The van der Waals surface area contributed by atoms with Gasteiger partial charge in [-0.05, 0) is 24.3 Å². The van der Waals surface area contributed by atoms with Gasteiger partial charge < -0.3 is 14.2 Å². The van der Waals surface area contributed by atoms with Gasteiger partial charge in [0.1, 0.15) is 28.0 Å². The number of hydrogen-bond donors (Lipinski definition) is 0. The summed E-state index contributed by atoms with van der Waals surface area (Å²) in [6.45, 7) is 2.43. The Labute approximate surface area is 185 Å². The Kier molecular flexibility index (Phi) is 4.39. The lowest BCUT2D eigenvalue weighted by Gasteiger charge is -2.34. The zero-order valence-electron chi connectivity index (χ0n) is 17.0. The number of hydrogen-bond acceptors (Lipinski definition) is 8. The zero-order valence-corrected chi connectivity index (χ0v) is 17.8. The molecule has 5 aromatic rings. The number of nitrogens with zero attached hydrogens (tertiary/aromatic N) is 6. The van der Waals surface area contributed by atoms with Crippen LogP contribution in [0.3, 0.4) is 0 Å². The van der Waals surface area contributed by atoms with E-state index in [0.29, 0.717) is 37.3 Å². The molecule has 1 aliphatic heterocycles. The van der Waals surface area contributed by atoms with Gasteiger partial charge in [-0.2, -0.15) is 0 Å². The maximum Gasteiger partial charge on any atom is 0.297 e. The lowest BCUT2D eigenvalue weighted by Crippen LogP contribution is -2.50. The number of pyridine rings is 1. The first-order valence-electron chi connectivity index (χ1n) is 10.3. The number of thiazole rings is 1. The molecule has 1 fully saturated rings. The first-order valence-corrected chi connectivity index (χ1v) is 11.1. The molecule has 9 nitrogen and oxygen atoms in total. The summed E-state index contributed by atoms with van der Waals surface area (Å²) in [6.07, 6.45) is 3.19. The number of furan rings is 1. The number of aromatic nitrogens is 4. The van der Waals surface area contributed by atoms with Gasteiger partial charge in [-0.3, -0.25) is 14.2 Å². The maximum absolute atomic E-state index is 12.9. The highest BCUT2D eigenvalue weighted by Crippen LogP contribution is 2.28. The fourth-order valence-corrected chi connectivity index (χ4v) is 4.97. The predicted molar refractivity (Wildman–Crippen MR) is 122 cm³/mol. The fraction of sp³-hybridized carbons (Fsp3) is 0.227. The number of carbonyl (C=O) groups excluding carboxylic acids is 1. The molecule has 32 heavy (non-hydrogen) atoms. The van der Waals surface area contributed by atoms with E-state index in [4.69, 9.17) is 4.42 Å². The first-order chi connectivity index (χ1) is 15.7. The first kappa shape index (κ1) is 18.9. The predicted octanol–water partition coefficient (Wildman–Crippen LogP) is 2.50. The standard InChI is InChI=1S/C22H18N6O3S/c29-17(12-28-13-24-18-14-4-1-2-6-16(14)31-19(18)21(28)30)26-8-10-27(11-9-26)22-25-15-5-3-7-23-20(15)32-22/h1-7,13H,8-12H2. The van der Waals surface area contributed by atoms with Crippen LogP contribution in [0.2, 0.25) is 0 Å². The van der Waals surface area contributed by atoms with Crippen LogP contribution in [-0.2, 0) is 11.3 Å². The number of piperazine rings is 1. The van der Waals surface area contributed by atoms with Gasteiger partial charge in [-0.25, -0.2) is 15.0 Å². The monoisotopic (exact) mass is 446 g/mol. The molecule has 0 bridgehead atoms. The van der Waals surface area contributed by atoms with E-state index in [-0.39, 0.29) is 23.6 Å². The molecule has 1 aliphatic rings. The molecular formula is C22H18N6O3S. The van der Waals surface area contributed by atoms with E-state index in [1.807, 2.05) is 30.3 Å². The number of para-hydroxylation sites is 1. The van der Waals surface area contributed by atoms with E-state index in [9.17, 15) is 9.59 Å². The van der Waals surface area contributed by atoms with Crippen molar-refractivity contribution in [3.05, 3.63) is 59.3 Å². The van der Waals surface area contributed by atoms with Gasteiger partial charge >= 0.3 is 0 Å². The molecule has 0 saturated carbocycles. The van der Waals surface area contributed by atoms with Crippen molar-refractivity contribution in [2.75, 3.05) is 31.1 Å². The van der Waals surface area contributed by atoms with Crippen LogP contribution in [0.4, 0.5) is 5.13 Å². The molecule has 1 aromatic carbocycles. The Hall–Kier alpha value is -3.79. The quantitative estimate of drug-likeness (QED) is 0.420. The summed E-state index contributed by atoms with van der Waals surface area (Å²) in [5.74, 6) is -0.116. The molecule has 6 rings (SSSR count). The molecule has 0 atom stereocenters. The highest BCUT2D eigenvalue weighted by atomic mass is 32.1.